The molecule has 4 nitrogen and oxygen atoms in total. The maximum Gasteiger partial charge on any atom is 0.260 e. The molecule has 1 N–H and O–H groups in total. The molecule has 0 saturated heterocycles. The number of hydrogen-bond acceptors (Lipinski definition) is 3. The van der Waals surface area contributed by atoms with Gasteiger partial charge in [0.1, 0.15) is 5.15 Å². The van der Waals surface area contributed by atoms with Crippen molar-refractivity contribution >= 4 is 35.0 Å². The topological polar surface area (TPSA) is 46.9 Å². The zero-order valence-electron chi connectivity index (χ0n) is 13.2. The van der Waals surface area contributed by atoms with Crippen molar-refractivity contribution in [3.63, 3.8) is 0 Å². The Kier molecular flexibility index (Phi) is 5.53. The summed E-state index contributed by atoms with van der Waals surface area (Å²) in [6, 6.07) is 7.71. The quantitative estimate of drug-likeness (QED) is 0.818. The molecule has 0 radical (unpaired) electrons. The fraction of sp³-hybridized carbons (Fsp3) is 0.375. The monoisotopic (exact) mass is 337 g/mol. The summed E-state index contributed by atoms with van der Waals surface area (Å²) in [6.07, 6.45) is 2.00. The Bertz CT molecular complexity index is 682. The molecule has 22 heavy (non-hydrogen) atoms. The molecule has 118 valence electrons. The van der Waals surface area contributed by atoms with Gasteiger partial charge in [-0.1, -0.05) is 31.5 Å². The van der Waals surface area contributed by atoms with E-state index in [9.17, 15) is 4.79 Å². The lowest BCUT2D eigenvalue weighted by Gasteiger charge is -2.08. The molecule has 1 aromatic carbocycles. The Hall–Kier alpha value is -1.46. The number of carbonyl (C=O) groups excluding carboxylic acids is 1. The molecule has 0 aliphatic heterocycles. The second-order valence-corrected chi connectivity index (χ2v) is 6.75. The Balaban J connectivity index is 2.24. The fourth-order valence-corrected chi connectivity index (χ4v) is 2.96. The molecule has 0 unspecified atom stereocenters. The van der Waals surface area contributed by atoms with Crippen molar-refractivity contribution in [3.8, 4) is 0 Å². The number of thioether (sulfide) groups is 1. The molecule has 0 fully saturated rings. The van der Waals surface area contributed by atoms with Crippen LogP contribution in [0.25, 0.3) is 0 Å². The number of nitrogens with one attached hydrogen (secondary N) is 1. The SMILES string of the molecule is CSc1cccc(NC(=O)c2c(C)nn(CC(C)C)c2Cl)c1. The van der Waals surface area contributed by atoms with E-state index in [-0.39, 0.29) is 5.91 Å². The van der Waals surface area contributed by atoms with Gasteiger partial charge in [-0.15, -0.1) is 11.8 Å². The second-order valence-electron chi connectivity index (χ2n) is 5.51. The first-order valence-electron chi connectivity index (χ1n) is 7.10. The van der Waals surface area contributed by atoms with Crippen molar-refractivity contribution in [1.29, 1.82) is 0 Å². The number of carbonyl (C=O) groups is 1. The van der Waals surface area contributed by atoms with Gasteiger partial charge in [0.25, 0.3) is 5.91 Å². The molecule has 1 amide bonds. The molecule has 2 aromatic rings. The van der Waals surface area contributed by atoms with Crippen molar-refractivity contribution < 1.29 is 4.79 Å². The minimum Gasteiger partial charge on any atom is -0.322 e. The van der Waals surface area contributed by atoms with Crippen molar-refractivity contribution in [2.45, 2.75) is 32.2 Å². The average molecular weight is 338 g/mol. The Morgan fingerprint density at radius 2 is 2.18 bits per heavy atom. The van der Waals surface area contributed by atoms with E-state index in [1.165, 1.54) is 0 Å². The number of halogens is 1. The van der Waals surface area contributed by atoms with Crippen LogP contribution in [0.3, 0.4) is 0 Å². The number of benzene rings is 1. The molecule has 0 bridgehead atoms. The number of anilines is 1. The number of nitrogens with zero attached hydrogens (tertiary/aromatic N) is 2. The summed E-state index contributed by atoms with van der Waals surface area (Å²) >= 11 is 7.96. The maximum atomic E-state index is 12.5. The lowest BCUT2D eigenvalue weighted by Crippen LogP contribution is -2.13. The van der Waals surface area contributed by atoms with Gasteiger partial charge in [0, 0.05) is 17.1 Å². The van der Waals surface area contributed by atoms with Crippen molar-refractivity contribution in [3.05, 3.63) is 40.7 Å². The third-order valence-electron chi connectivity index (χ3n) is 3.16. The predicted octanol–water partition coefficient (Wildman–Crippen LogP) is 4.48. The normalized spacial score (nSPS) is 11.0. The molecule has 6 heteroatoms. The van der Waals surface area contributed by atoms with Gasteiger partial charge in [0.15, 0.2) is 0 Å². The molecule has 0 atom stereocenters. The third kappa shape index (κ3) is 3.84. The van der Waals surface area contributed by atoms with E-state index in [2.05, 4.69) is 24.3 Å². The van der Waals surface area contributed by atoms with E-state index in [1.807, 2.05) is 30.5 Å². The van der Waals surface area contributed by atoms with Crippen molar-refractivity contribution in [2.24, 2.45) is 5.92 Å². The second kappa shape index (κ2) is 7.20. The van der Waals surface area contributed by atoms with Crippen LogP contribution in [0.1, 0.15) is 29.9 Å². The zero-order chi connectivity index (χ0) is 16.3. The van der Waals surface area contributed by atoms with Gasteiger partial charge in [-0.3, -0.25) is 9.48 Å². The fourth-order valence-electron chi connectivity index (χ4n) is 2.17. The molecule has 1 aromatic heterocycles. The number of hydrogen-bond donors (Lipinski definition) is 1. The first kappa shape index (κ1) is 16.9. The summed E-state index contributed by atoms with van der Waals surface area (Å²) in [6.45, 7) is 6.66. The highest BCUT2D eigenvalue weighted by Crippen LogP contribution is 2.24. The smallest absolute Gasteiger partial charge is 0.260 e. The first-order valence-corrected chi connectivity index (χ1v) is 8.71. The van der Waals surface area contributed by atoms with E-state index in [0.29, 0.717) is 28.9 Å². The highest BCUT2D eigenvalue weighted by molar-refractivity contribution is 7.98. The molecule has 0 saturated carbocycles. The molecule has 0 aliphatic carbocycles. The van der Waals surface area contributed by atoms with Gasteiger partial charge < -0.3 is 5.32 Å². The molecular weight excluding hydrogens is 318 g/mol. The van der Waals surface area contributed by atoms with E-state index < -0.39 is 0 Å². The molecule has 2 rings (SSSR count). The standard InChI is InChI=1S/C16H20ClN3OS/c1-10(2)9-20-15(17)14(11(3)19-20)16(21)18-12-6-5-7-13(8-12)22-4/h5-8,10H,9H2,1-4H3,(H,18,21). The number of aromatic nitrogens is 2. The van der Waals surface area contributed by atoms with Crippen LogP contribution in [0.2, 0.25) is 5.15 Å². The highest BCUT2D eigenvalue weighted by Gasteiger charge is 2.20. The summed E-state index contributed by atoms with van der Waals surface area (Å²) < 4.78 is 1.69. The number of aryl methyl sites for hydroxylation is 1. The van der Waals surface area contributed by atoms with E-state index in [0.717, 1.165) is 10.6 Å². The Morgan fingerprint density at radius 1 is 1.45 bits per heavy atom. The van der Waals surface area contributed by atoms with Crippen LogP contribution >= 0.6 is 23.4 Å². The maximum absolute atomic E-state index is 12.5. The lowest BCUT2D eigenvalue weighted by atomic mass is 10.2. The van der Waals surface area contributed by atoms with Gasteiger partial charge in [-0.2, -0.15) is 5.10 Å². The van der Waals surface area contributed by atoms with Crippen LogP contribution in [-0.2, 0) is 6.54 Å². The third-order valence-corrected chi connectivity index (χ3v) is 4.27. The Morgan fingerprint density at radius 3 is 2.82 bits per heavy atom. The van der Waals surface area contributed by atoms with Crippen LogP contribution in [0, 0.1) is 12.8 Å². The van der Waals surface area contributed by atoms with Crippen LogP contribution < -0.4 is 5.32 Å². The summed E-state index contributed by atoms with van der Waals surface area (Å²) in [5.41, 5.74) is 1.84. The Labute approximate surface area is 140 Å². The van der Waals surface area contributed by atoms with E-state index in [1.54, 1.807) is 23.4 Å². The van der Waals surface area contributed by atoms with Gasteiger partial charge in [-0.05, 0) is 37.3 Å². The summed E-state index contributed by atoms with van der Waals surface area (Å²) in [7, 11) is 0. The summed E-state index contributed by atoms with van der Waals surface area (Å²) in [5.74, 6) is 0.182. The van der Waals surface area contributed by atoms with Gasteiger partial charge in [0.2, 0.25) is 0 Å². The van der Waals surface area contributed by atoms with Gasteiger partial charge >= 0.3 is 0 Å². The highest BCUT2D eigenvalue weighted by atomic mass is 35.5. The number of rotatable bonds is 5. The van der Waals surface area contributed by atoms with Crippen LogP contribution in [0.4, 0.5) is 5.69 Å². The van der Waals surface area contributed by atoms with E-state index in [4.69, 9.17) is 11.6 Å². The molecule has 0 spiro atoms. The zero-order valence-corrected chi connectivity index (χ0v) is 14.8. The first-order chi connectivity index (χ1) is 10.4. The summed E-state index contributed by atoms with van der Waals surface area (Å²) in [4.78, 5) is 13.6. The average Bonchev–Trinajstić information content (AvgIpc) is 2.72. The van der Waals surface area contributed by atoms with Gasteiger partial charge in [0.05, 0.1) is 11.3 Å². The molecule has 1 heterocycles. The predicted molar refractivity (Wildman–Crippen MR) is 93.0 cm³/mol. The van der Waals surface area contributed by atoms with Crippen LogP contribution in [-0.4, -0.2) is 21.9 Å². The molecule has 0 aliphatic rings. The largest absolute Gasteiger partial charge is 0.322 e. The lowest BCUT2D eigenvalue weighted by molar-refractivity contribution is 0.102. The van der Waals surface area contributed by atoms with E-state index >= 15 is 0 Å². The molecular formula is C16H20ClN3OS. The van der Waals surface area contributed by atoms with Gasteiger partial charge in [-0.25, -0.2) is 0 Å². The van der Waals surface area contributed by atoms with Crippen molar-refractivity contribution in [1.82, 2.24) is 9.78 Å². The number of amides is 1. The summed E-state index contributed by atoms with van der Waals surface area (Å²) in [5, 5.41) is 7.65. The minimum atomic E-state index is -0.226. The van der Waals surface area contributed by atoms with Crippen LogP contribution in [0.15, 0.2) is 29.2 Å². The van der Waals surface area contributed by atoms with Crippen molar-refractivity contribution in [2.75, 3.05) is 11.6 Å². The minimum absolute atomic E-state index is 0.226. The van der Waals surface area contributed by atoms with Crippen LogP contribution in [0.5, 0.6) is 0 Å².